The molecular formula is C9H8FN3S. The summed E-state index contributed by atoms with van der Waals surface area (Å²) < 4.78 is 12.5. The molecule has 2 heterocycles. The van der Waals surface area contributed by atoms with Gasteiger partial charge in [0, 0.05) is 11.1 Å². The van der Waals surface area contributed by atoms with Gasteiger partial charge in [0.05, 0.1) is 18.3 Å². The van der Waals surface area contributed by atoms with Gasteiger partial charge in [0.25, 0.3) is 0 Å². The van der Waals surface area contributed by atoms with Gasteiger partial charge in [0.2, 0.25) is 0 Å². The lowest BCUT2D eigenvalue weighted by molar-refractivity contribution is 0.621. The number of nitrogens with zero attached hydrogens (tertiary/aromatic N) is 2. The van der Waals surface area contributed by atoms with Gasteiger partial charge in [-0.1, -0.05) is 0 Å². The van der Waals surface area contributed by atoms with E-state index in [2.05, 4.69) is 15.3 Å². The molecule has 14 heavy (non-hydrogen) atoms. The van der Waals surface area contributed by atoms with Crippen LogP contribution in [0, 0.1) is 5.82 Å². The fourth-order valence-electron chi connectivity index (χ4n) is 0.987. The van der Waals surface area contributed by atoms with E-state index in [9.17, 15) is 4.39 Å². The standard InChI is InChI=1S/C9H8FN3S/c10-7-1-2-9(12-3-7)13-5-8-4-11-6-14-8/h1-4,6H,5H2,(H,12,13). The van der Waals surface area contributed by atoms with Crippen molar-refractivity contribution < 1.29 is 4.39 Å². The van der Waals surface area contributed by atoms with Gasteiger partial charge < -0.3 is 5.32 Å². The number of anilines is 1. The molecule has 0 atom stereocenters. The summed E-state index contributed by atoms with van der Waals surface area (Å²) >= 11 is 1.57. The van der Waals surface area contributed by atoms with Crippen LogP contribution in [-0.2, 0) is 6.54 Å². The third-order valence-corrected chi connectivity index (χ3v) is 2.43. The van der Waals surface area contributed by atoms with Crippen LogP contribution in [-0.4, -0.2) is 9.97 Å². The maximum Gasteiger partial charge on any atom is 0.141 e. The Bertz CT molecular complexity index is 385. The summed E-state index contributed by atoms with van der Waals surface area (Å²) in [6.07, 6.45) is 2.98. The summed E-state index contributed by atoms with van der Waals surface area (Å²) in [7, 11) is 0. The van der Waals surface area contributed by atoms with E-state index < -0.39 is 0 Å². The van der Waals surface area contributed by atoms with Gasteiger partial charge in [-0.2, -0.15) is 0 Å². The first-order valence-corrected chi connectivity index (χ1v) is 4.95. The van der Waals surface area contributed by atoms with E-state index in [-0.39, 0.29) is 5.82 Å². The molecule has 1 N–H and O–H groups in total. The molecule has 2 aromatic heterocycles. The summed E-state index contributed by atoms with van der Waals surface area (Å²) in [6, 6.07) is 2.98. The van der Waals surface area contributed by atoms with Crippen LogP contribution in [0.3, 0.4) is 0 Å². The Balaban J connectivity index is 1.95. The van der Waals surface area contributed by atoms with Crippen LogP contribution in [0.1, 0.15) is 4.88 Å². The summed E-state index contributed by atoms with van der Waals surface area (Å²) in [6.45, 7) is 0.670. The van der Waals surface area contributed by atoms with Gasteiger partial charge in [0.15, 0.2) is 0 Å². The van der Waals surface area contributed by atoms with Crippen LogP contribution in [0.2, 0.25) is 0 Å². The second-order valence-corrected chi connectivity index (χ2v) is 3.65. The zero-order valence-corrected chi connectivity index (χ0v) is 8.09. The van der Waals surface area contributed by atoms with Gasteiger partial charge in [-0.15, -0.1) is 11.3 Å². The number of hydrogen-bond donors (Lipinski definition) is 1. The highest BCUT2D eigenvalue weighted by atomic mass is 32.1. The summed E-state index contributed by atoms with van der Waals surface area (Å²) in [5, 5.41) is 3.07. The Kier molecular flexibility index (Phi) is 2.69. The molecule has 0 bridgehead atoms. The van der Waals surface area contributed by atoms with Crippen LogP contribution < -0.4 is 5.32 Å². The Labute approximate surface area is 84.6 Å². The molecule has 0 aliphatic carbocycles. The first-order valence-electron chi connectivity index (χ1n) is 4.07. The minimum Gasteiger partial charge on any atom is -0.365 e. The molecule has 0 spiro atoms. The number of pyridine rings is 1. The number of thiazole rings is 1. The average molecular weight is 209 g/mol. The predicted octanol–water partition coefficient (Wildman–Crippen LogP) is 2.29. The second kappa shape index (κ2) is 4.15. The molecule has 0 fully saturated rings. The van der Waals surface area contributed by atoms with Crippen LogP contribution >= 0.6 is 11.3 Å². The molecule has 72 valence electrons. The monoisotopic (exact) mass is 209 g/mol. The minimum absolute atomic E-state index is 0.326. The SMILES string of the molecule is Fc1ccc(NCc2cncs2)nc1. The lowest BCUT2D eigenvalue weighted by Crippen LogP contribution is -1.99. The quantitative estimate of drug-likeness (QED) is 0.842. The van der Waals surface area contributed by atoms with Gasteiger partial charge >= 0.3 is 0 Å². The molecule has 0 saturated heterocycles. The van der Waals surface area contributed by atoms with Crippen molar-refractivity contribution in [2.75, 3.05) is 5.32 Å². The van der Waals surface area contributed by atoms with E-state index in [4.69, 9.17) is 0 Å². The van der Waals surface area contributed by atoms with Crippen molar-refractivity contribution in [1.82, 2.24) is 9.97 Å². The molecule has 0 radical (unpaired) electrons. The molecule has 2 rings (SSSR count). The van der Waals surface area contributed by atoms with E-state index in [1.807, 2.05) is 0 Å². The van der Waals surface area contributed by atoms with Gasteiger partial charge in [-0.25, -0.2) is 9.37 Å². The van der Waals surface area contributed by atoms with E-state index in [0.29, 0.717) is 12.4 Å². The largest absolute Gasteiger partial charge is 0.365 e. The molecule has 0 aliphatic heterocycles. The van der Waals surface area contributed by atoms with Crippen molar-refractivity contribution in [3.05, 3.63) is 40.7 Å². The minimum atomic E-state index is -0.326. The molecule has 5 heteroatoms. The van der Waals surface area contributed by atoms with Crippen molar-refractivity contribution in [2.45, 2.75) is 6.54 Å². The fraction of sp³-hybridized carbons (Fsp3) is 0.111. The predicted molar refractivity (Wildman–Crippen MR) is 53.6 cm³/mol. The highest BCUT2D eigenvalue weighted by Gasteiger charge is 1.96. The van der Waals surface area contributed by atoms with Gasteiger partial charge in [-0.3, -0.25) is 4.98 Å². The highest BCUT2D eigenvalue weighted by molar-refractivity contribution is 7.09. The first-order chi connectivity index (χ1) is 6.84. The highest BCUT2D eigenvalue weighted by Crippen LogP contribution is 2.09. The maximum atomic E-state index is 12.5. The van der Waals surface area contributed by atoms with Crippen molar-refractivity contribution >= 4 is 17.2 Å². The molecule has 3 nitrogen and oxygen atoms in total. The molecule has 0 aromatic carbocycles. The molecule has 0 aliphatic rings. The fourth-order valence-corrected chi connectivity index (χ4v) is 1.52. The van der Waals surface area contributed by atoms with Crippen LogP contribution in [0.5, 0.6) is 0 Å². The van der Waals surface area contributed by atoms with E-state index in [1.54, 1.807) is 29.1 Å². The van der Waals surface area contributed by atoms with Crippen LogP contribution in [0.4, 0.5) is 10.2 Å². The number of nitrogens with one attached hydrogen (secondary N) is 1. The molecule has 0 saturated carbocycles. The summed E-state index contributed by atoms with van der Waals surface area (Å²) in [4.78, 5) is 8.94. The van der Waals surface area contributed by atoms with Crippen molar-refractivity contribution in [2.24, 2.45) is 0 Å². The van der Waals surface area contributed by atoms with Gasteiger partial charge in [0.1, 0.15) is 11.6 Å². The third kappa shape index (κ3) is 2.26. The Morgan fingerprint density at radius 3 is 2.93 bits per heavy atom. The molecular weight excluding hydrogens is 201 g/mol. The lowest BCUT2D eigenvalue weighted by Gasteiger charge is -2.01. The van der Waals surface area contributed by atoms with Crippen LogP contribution in [0.15, 0.2) is 30.0 Å². The Hall–Kier alpha value is -1.49. The second-order valence-electron chi connectivity index (χ2n) is 2.68. The Morgan fingerprint density at radius 1 is 1.36 bits per heavy atom. The van der Waals surface area contributed by atoms with E-state index in [0.717, 1.165) is 4.88 Å². The van der Waals surface area contributed by atoms with Crippen molar-refractivity contribution in [1.29, 1.82) is 0 Å². The topological polar surface area (TPSA) is 37.8 Å². The van der Waals surface area contributed by atoms with Crippen LogP contribution in [0.25, 0.3) is 0 Å². The van der Waals surface area contributed by atoms with Gasteiger partial charge in [-0.05, 0) is 12.1 Å². The van der Waals surface area contributed by atoms with E-state index in [1.165, 1.54) is 12.3 Å². The first kappa shape index (κ1) is 9.08. The zero-order chi connectivity index (χ0) is 9.80. The number of aromatic nitrogens is 2. The van der Waals surface area contributed by atoms with E-state index >= 15 is 0 Å². The number of hydrogen-bond acceptors (Lipinski definition) is 4. The zero-order valence-electron chi connectivity index (χ0n) is 7.27. The van der Waals surface area contributed by atoms with Crippen molar-refractivity contribution in [3.63, 3.8) is 0 Å². The number of rotatable bonds is 3. The van der Waals surface area contributed by atoms with Crippen molar-refractivity contribution in [3.8, 4) is 0 Å². The molecule has 0 unspecified atom stereocenters. The maximum absolute atomic E-state index is 12.5. The smallest absolute Gasteiger partial charge is 0.141 e. The molecule has 0 amide bonds. The number of halogens is 1. The lowest BCUT2D eigenvalue weighted by atomic mass is 10.4. The normalized spacial score (nSPS) is 10.1. The average Bonchev–Trinajstić information content (AvgIpc) is 2.70. The summed E-state index contributed by atoms with van der Waals surface area (Å²) in [5.74, 6) is 0.341. The third-order valence-electron chi connectivity index (χ3n) is 1.65. The molecule has 2 aromatic rings. The summed E-state index contributed by atoms with van der Waals surface area (Å²) in [5.41, 5.74) is 1.77. The Morgan fingerprint density at radius 2 is 2.29 bits per heavy atom.